The second kappa shape index (κ2) is 8.08. The Morgan fingerprint density at radius 1 is 1.32 bits per heavy atom. The molecule has 1 heterocycles. The standard InChI is InChI=1S/C14H29N3O.ClH/c1-12(16(4)11-14(2,3)10-15)13(18)17-8-6-5-7-9-17;/h12H,5-11,15H2,1-4H3;1H. The molecule has 1 amide bonds. The first-order valence-corrected chi connectivity index (χ1v) is 7.06. The van der Waals surface area contributed by atoms with Crippen molar-refractivity contribution >= 4 is 18.3 Å². The van der Waals surface area contributed by atoms with Gasteiger partial charge in [0, 0.05) is 19.6 Å². The van der Waals surface area contributed by atoms with E-state index < -0.39 is 0 Å². The maximum Gasteiger partial charge on any atom is 0.239 e. The lowest BCUT2D eigenvalue weighted by Gasteiger charge is -2.36. The zero-order chi connectivity index (χ0) is 13.8. The van der Waals surface area contributed by atoms with Crippen LogP contribution in [0.25, 0.3) is 0 Å². The quantitative estimate of drug-likeness (QED) is 0.839. The highest BCUT2D eigenvalue weighted by Crippen LogP contribution is 2.17. The highest BCUT2D eigenvalue weighted by atomic mass is 35.5. The number of nitrogens with two attached hydrogens (primary N) is 1. The van der Waals surface area contributed by atoms with Crippen molar-refractivity contribution in [2.75, 3.05) is 33.2 Å². The van der Waals surface area contributed by atoms with Crippen LogP contribution in [0.1, 0.15) is 40.0 Å². The predicted octanol–water partition coefficient (Wildman–Crippen LogP) is 1.73. The third-order valence-electron chi connectivity index (χ3n) is 3.92. The van der Waals surface area contributed by atoms with Crippen molar-refractivity contribution in [2.24, 2.45) is 11.1 Å². The van der Waals surface area contributed by atoms with Gasteiger partial charge in [-0.05, 0) is 45.2 Å². The molecule has 1 saturated heterocycles. The van der Waals surface area contributed by atoms with Crippen LogP contribution >= 0.6 is 12.4 Å². The van der Waals surface area contributed by atoms with Gasteiger partial charge in [-0.25, -0.2) is 0 Å². The lowest BCUT2D eigenvalue weighted by Crippen LogP contribution is -2.50. The Labute approximate surface area is 124 Å². The first-order chi connectivity index (χ1) is 8.37. The van der Waals surface area contributed by atoms with Gasteiger partial charge in [0.1, 0.15) is 0 Å². The number of halogens is 1. The van der Waals surface area contributed by atoms with Crippen LogP contribution in [0.4, 0.5) is 0 Å². The first-order valence-electron chi connectivity index (χ1n) is 7.06. The highest BCUT2D eigenvalue weighted by molar-refractivity contribution is 5.85. The summed E-state index contributed by atoms with van der Waals surface area (Å²) in [6.07, 6.45) is 3.56. The molecule has 1 unspecified atom stereocenters. The predicted molar refractivity (Wildman–Crippen MR) is 82.6 cm³/mol. The summed E-state index contributed by atoms with van der Waals surface area (Å²) in [5.41, 5.74) is 5.81. The summed E-state index contributed by atoms with van der Waals surface area (Å²) >= 11 is 0. The Morgan fingerprint density at radius 2 is 1.84 bits per heavy atom. The van der Waals surface area contributed by atoms with Crippen molar-refractivity contribution in [1.82, 2.24) is 9.80 Å². The number of hydrogen-bond acceptors (Lipinski definition) is 3. The van der Waals surface area contributed by atoms with E-state index in [2.05, 4.69) is 18.7 Å². The molecule has 1 aliphatic rings. The lowest BCUT2D eigenvalue weighted by molar-refractivity contribution is -0.137. The maximum atomic E-state index is 12.4. The molecule has 0 aromatic carbocycles. The molecular formula is C14H30ClN3O. The molecule has 0 saturated carbocycles. The number of piperidine rings is 1. The minimum Gasteiger partial charge on any atom is -0.341 e. The molecule has 0 radical (unpaired) electrons. The van der Waals surface area contributed by atoms with Crippen LogP contribution in [0.3, 0.4) is 0 Å². The van der Waals surface area contributed by atoms with Crippen molar-refractivity contribution in [3.8, 4) is 0 Å². The van der Waals surface area contributed by atoms with Gasteiger partial charge in [0.05, 0.1) is 6.04 Å². The van der Waals surface area contributed by atoms with E-state index in [4.69, 9.17) is 5.73 Å². The number of hydrogen-bond donors (Lipinski definition) is 1. The van der Waals surface area contributed by atoms with E-state index in [9.17, 15) is 4.79 Å². The molecule has 0 aromatic heterocycles. The monoisotopic (exact) mass is 291 g/mol. The van der Waals surface area contributed by atoms with E-state index in [1.165, 1.54) is 6.42 Å². The van der Waals surface area contributed by atoms with E-state index >= 15 is 0 Å². The number of carbonyl (C=O) groups excluding carboxylic acids is 1. The molecule has 19 heavy (non-hydrogen) atoms. The summed E-state index contributed by atoms with van der Waals surface area (Å²) in [6, 6.07) is -0.0473. The van der Waals surface area contributed by atoms with Crippen LogP contribution in [0.5, 0.6) is 0 Å². The molecular weight excluding hydrogens is 262 g/mol. The van der Waals surface area contributed by atoms with Crippen LogP contribution in [-0.2, 0) is 4.79 Å². The highest BCUT2D eigenvalue weighted by Gasteiger charge is 2.28. The number of rotatable bonds is 5. The van der Waals surface area contributed by atoms with E-state index in [1.54, 1.807) is 0 Å². The van der Waals surface area contributed by atoms with Gasteiger partial charge in [0.25, 0.3) is 0 Å². The van der Waals surface area contributed by atoms with Crippen LogP contribution < -0.4 is 5.73 Å². The van der Waals surface area contributed by atoms with Crippen molar-refractivity contribution in [3.63, 3.8) is 0 Å². The SMILES string of the molecule is CC(C(=O)N1CCCCC1)N(C)CC(C)(C)CN.Cl. The summed E-state index contributed by atoms with van der Waals surface area (Å²) in [4.78, 5) is 16.5. The Hall–Kier alpha value is -0.320. The molecule has 1 aliphatic heterocycles. The van der Waals surface area contributed by atoms with Gasteiger partial charge in [0.2, 0.25) is 5.91 Å². The largest absolute Gasteiger partial charge is 0.341 e. The van der Waals surface area contributed by atoms with Crippen molar-refractivity contribution in [3.05, 3.63) is 0 Å². The van der Waals surface area contributed by atoms with Crippen molar-refractivity contribution in [1.29, 1.82) is 0 Å². The van der Waals surface area contributed by atoms with Gasteiger partial charge in [-0.1, -0.05) is 13.8 Å². The summed E-state index contributed by atoms with van der Waals surface area (Å²) in [7, 11) is 2.02. The number of likely N-dealkylation sites (tertiary alicyclic amines) is 1. The molecule has 0 aliphatic carbocycles. The van der Waals surface area contributed by atoms with Crippen LogP contribution in [0, 0.1) is 5.41 Å². The third kappa shape index (κ3) is 5.67. The number of carbonyl (C=O) groups is 1. The Morgan fingerprint density at radius 3 is 2.32 bits per heavy atom. The summed E-state index contributed by atoms with van der Waals surface area (Å²) in [5.74, 6) is 0.269. The minimum atomic E-state index is -0.0473. The fourth-order valence-electron chi connectivity index (χ4n) is 2.44. The minimum absolute atomic E-state index is 0. The van der Waals surface area contributed by atoms with Gasteiger partial charge < -0.3 is 10.6 Å². The lowest BCUT2D eigenvalue weighted by atomic mass is 9.92. The average Bonchev–Trinajstić information content (AvgIpc) is 2.37. The van der Waals surface area contributed by atoms with E-state index in [0.717, 1.165) is 32.5 Å². The Bertz CT molecular complexity index is 278. The maximum absolute atomic E-state index is 12.4. The smallest absolute Gasteiger partial charge is 0.239 e. The van der Waals surface area contributed by atoms with Crippen LogP contribution in [-0.4, -0.2) is 55.0 Å². The van der Waals surface area contributed by atoms with Crippen molar-refractivity contribution in [2.45, 2.75) is 46.1 Å². The fourth-order valence-corrected chi connectivity index (χ4v) is 2.44. The van der Waals surface area contributed by atoms with Gasteiger partial charge in [-0.15, -0.1) is 12.4 Å². The molecule has 1 fully saturated rings. The summed E-state index contributed by atoms with van der Waals surface area (Å²) < 4.78 is 0. The normalized spacial score (nSPS) is 18.1. The molecule has 0 bridgehead atoms. The average molecular weight is 292 g/mol. The zero-order valence-electron chi connectivity index (χ0n) is 12.8. The van der Waals surface area contributed by atoms with Crippen molar-refractivity contribution < 1.29 is 4.79 Å². The topological polar surface area (TPSA) is 49.6 Å². The Kier molecular flexibility index (Phi) is 7.94. The fraction of sp³-hybridized carbons (Fsp3) is 0.929. The van der Waals surface area contributed by atoms with Gasteiger partial charge >= 0.3 is 0 Å². The van der Waals surface area contributed by atoms with Gasteiger partial charge in [-0.3, -0.25) is 9.69 Å². The number of amides is 1. The molecule has 1 rings (SSSR count). The molecule has 0 spiro atoms. The van der Waals surface area contributed by atoms with Gasteiger partial charge in [0.15, 0.2) is 0 Å². The second-order valence-electron chi connectivity index (χ2n) is 6.35. The third-order valence-corrected chi connectivity index (χ3v) is 3.92. The molecule has 4 nitrogen and oxygen atoms in total. The molecule has 1 atom stereocenters. The number of likely N-dealkylation sites (N-methyl/N-ethyl adjacent to an activating group) is 1. The number of nitrogens with zero attached hydrogens (tertiary/aromatic N) is 2. The molecule has 2 N–H and O–H groups in total. The van der Waals surface area contributed by atoms with E-state index in [-0.39, 0.29) is 29.8 Å². The first kappa shape index (κ1) is 18.7. The molecule has 0 aromatic rings. The molecule has 114 valence electrons. The zero-order valence-corrected chi connectivity index (χ0v) is 13.6. The summed E-state index contributed by atoms with van der Waals surface area (Å²) in [6.45, 7) is 9.63. The summed E-state index contributed by atoms with van der Waals surface area (Å²) in [5, 5.41) is 0. The van der Waals surface area contributed by atoms with E-state index in [1.807, 2.05) is 18.9 Å². The van der Waals surface area contributed by atoms with E-state index in [0.29, 0.717) is 6.54 Å². The van der Waals surface area contributed by atoms with Gasteiger partial charge in [-0.2, -0.15) is 0 Å². The second-order valence-corrected chi connectivity index (χ2v) is 6.35. The van der Waals surface area contributed by atoms with Crippen LogP contribution in [0.15, 0.2) is 0 Å². The van der Waals surface area contributed by atoms with Crippen LogP contribution in [0.2, 0.25) is 0 Å². The Balaban J connectivity index is 0.00000324. The molecule has 5 heteroatoms.